The second-order valence-corrected chi connectivity index (χ2v) is 9.96. The first-order valence-electron chi connectivity index (χ1n) is 7.46. The van der Waals surface area contributed by atoms with Gasteiger partial charge in [0, 0.05) is 6.08 Å². The molecule has 0 aromatic rings. The summed E-state index contributed by atoms with van der Waals surface area (Å²) in [6, 6.07) is 3.38. The van der Waals surface area contributed by atoms with E-state index in [0.29, 0.717) is 0 Å². The molecule has 0 amide bonds. The number of hydrogen-bond donors (Lipinski definition) is 0. The lowest BCUT2D eigenvalue weighted by molar-refractivity contribution is 0.176. The minimum absolute atomic E-state index is 0.689. The van der Waals surface area contributed by atoms with Gasteiger partial charge in [0.1, 0.15) is 0 Å². The predicted molar refractivity (Wildman–Crippen MR) is 89.4 cm³/mol. The van der Waals surface area contributed by atoms with Crippen molar-refractivity contribution in [1.82, 2.24) is 0 Å². The molecule has 0 bridgehead atoms. The summed E-state index contributed by atoms with van der Waals surface area (Å²) in [5.74, 6) is 0. The van der Waals surface area contributed by atoms with Crippen molar-refractivity contribution in [2.45, 2.75) is 77.6 Å². The summed E-state index contributed by atoms with van der Waals surface area (Å²) in [6.07, 6.45) is 5.19. The molecule has 0 spiro atoms. The number of rotatable bonds is 10. The summed E-state index contributed by atoms with van der Waals surface area (Å²) in [6.45, 7) is 8.87. The highest BCUT2D eigenvalue weighted by Crippen LogP contribution is 2.26. The maximum Gasteiger partial charge on any atom is 0.192 e. The molecule has 1 nitrogen and oxygen atoms in total. The van der Waals surface area contributed by atoms with Crippen LogP contribution in [0.2, 0.25) is 18.1 Å². The molecule has 0 heterocycles. The molecule has 0 aromatic carbocycles. The molecule has 102 valence electrons. The minimum atomic E-state index is -1.68. The van der Waals surface area contributed by atoms with Crippen molar-refractivity contribution in [3.05, 3.63) is 10.2 Å². The van der Waals surface area contributed by atoms with Crippen LogP contribution in [0.25, 0.3) is 0 Å². The first-order chi connectivity index (χ1) is 8.51. The number of halogens is 1. The molecule has 0 aliphatic rings. The van der Waals surface area contributed by atoms with E-state index < -0.39 is 14.4 Å². The van der Waals surface area contributed by atoms with Crippen molar-refractivity contribution in [3.8, 4) is 0 Å². The Bertz CT molecular complexity index is 236. The lowest BCUT2D eigenvalue weighted by Gasteiger charge is -2.33. The molecule has 0 fully saturated rings. The van der Waals surface area contributed by atoms with Crippen LogP contribution in [0.3, 0.4) is 0 Å². The Morgan fingerprint density at radius 1 is 1.24 bits per heavy atom. The first kappa shape index (κ1) is 15.7. The fraction of sp³-hybridized carbons (Fsp3) is 0.857. The molecule has 3 heteroatoms. The van der Waals surface area contributed by atoms with Crippen LogP contribution in [-0.4, -0.2) is 14.4 Å². The molecule has 0 saturated heterocycles. The maximum atomic E-state index is 8.65. The van der Waals surface area contributed by atoms with Crippen LogP contribution in [0, 0.1) is 0 Å². The van der Waals surface area contributed by atoms with Crippen LogP contribution in [-0.2, 0) is 4.43 Å². The molecular formula is C14H29IOSi. The smallest absolute Gasteiger partial charge is 0.192 e. The van der Waals surface area contributed by atoms with Crippen molar-refractivity contribution in [1.29, 1.82) is 0 Å². The summed E-state index contributed by atoms with van der Waals surface area (Å²) < 4.78 is 17.1. The summed E-state index contributed by atoms with van der Waals surface area (Å²) in [7, 11) is -1.68. The van der Waals surface area contributed by atoms with Gasteiger partial charge in [-0.05, 0) is 35.1 Å². The summed E-state index contributed by atoms with van der Waals surface area (Å²) in [5.41, 5.74) is 0. The third-order valence-corrected chi connectivity index (χ3v) is 8.63. The van der Waals surface area contributed by atoms with Crippen LogP contribution in [0.1, 0.15) is 54.7 Å². The van der Waals surface area contributed by atoms with Crippen LogP contribution in [0.15, 0.2) is 10.2 Å². The number of unbranched alkanes of at least 4 members (excludes halogenated alkanes) is 1. The Hall–Kier alpha value is 0.647. The van der Waals surface area contributed by atoms with Gasteiger partial charge in [0.2, 0.25) is 0 Å². The van der Waals surface area contributed by atoms with E-state index in [4.69, 9.17) is 5.80 Å². The van der Waals surface area contributed by atoms with Gasteiger partial charge in [-0.2, -0.15) is 0 Å². The van der Waals surface area contributed by atoms with Crippen LogP contribution >= 0.6 is 22.6 Å². The van der Waals surface area contributed by atoms with Gasteiger partial charge in [0.05, 0.1) is 1.37 Å². The van der Waals surface area contributed by atoms with E-state index in [1.165, 1.54) is 0 Å². The van der Waals surface area contributed by atoms with E-state index in [2.05, 4.69) is 56.4 Å². The van der Waals surface area contributed by atoms with Crippen LogP contribution in [0.4, 0.5) is 0 Å². The highest BCUT2D eigenvalue weighted by Gasteiger charge is 2.31. The molecule has 0 aromatic heterocycles. The summed E-state index contributed by atoms with van der Waals surface area (Å²) >= 11 is 2.22. The van der Waals surface area contributed by atoms with E-state index in [9.17, 15) is 0 Å². The molecule has 17 heavy (non-hydrogen) atoms. The average Bonchev–Trinajstić information content (AvgIpc) is 2.41. The molecule has 0 radical (unpaired) electrons. The van der Waals surface area contributed by atoms with Gasteiger partial charge in [-0.1, -0.05) is 69.2 Å². The van der Waals surface area contributed by atoms with E-state index in [1.54, 1.807) is 0 Å². The molecule has 0 aliphatic heterocycles. The average molecular weight is 369 g/mol. The highest BCUT2D eigenvalue weighted by molar-refractivity contribution is 14.1. The summed E-state index contributed by atoms with van der Waals surface area (Å²) in [4.78, 5) is 0. The third kappa shape index (κ3) is 6.96. The van der Waals surface area contributed by atoms with Crippen molar-refractivity contribution in [2.24, 2.45) is 0 Å². The largest absolute Gasteiger partial charge is 0.414 e. The first-order valence-corrected chi connectivity index (χ1v) is 10.7. The van der Waals surface area contributed by atoms with E-state index in [0.717, 1.165) is 43.8 Å². The predicted octanol–water partition coefficient (Wildman–Crippen LogP) is 5.91. The van der Waals surface area contributed by atoms with Gasteiger partial charge in [-0.15, -0.1) is 0 Å². The van der Waals surface area contributed by atoms with Gasteiger partial charge in [0.15, 0.2) is 8.32 Å². The van der Waals surface area contributed by atoms with Crippen molar-refractivity contribution >= 4 is 30.9 Å². The fourth-order valence-corrected chi connectivity index (χ4v) is 5.00. The molecule has 0 aliphatic carbocycles. The Morgan fingerprint density at radius 2 is 1.82 bits per heavy atom. The lowest BCUT2D eigenvalue weighted by atomic mass is 10.1. The van der Waals surface area contributed by atoms with Gasteiger partial charge in [-0.3, -0.25) is 0 Å². The zero-order chi connectivity index (χ0) is 14.1. The fourth-order valence-electron chi connectivity index (χ4n) is 2.02. The molecule has 0 N–H and O–H groups in total. The second kappa shape index (κ2) is 10.6. The summed E-state index contributed by atoms with van der Waals surface area (Å²) in [5, 5.41) is 0. The van der Waals surface area contributed by atoms with Gasteiger partial charge in [0.25, 0.3) is 0 Å². The minimum Gasteiger partial charge on any atom is -0.414 e. The van der Waals surface area contributed by atoms with Gasteiger partial charge < -0.3 is 4.43 Å². The lowest BCUT2D eigenvalue weighted by Crippen LogP contribution is -2.39. The second-order valence-electron chi connectivity index (χ2n) is 4.55. The monoisotopic (exact) mass is 369 g/mol. The quantitative estimate of drug-likeness (QED) is 0.344. The Balaban J connectivity index is 4.83. The number of hydrogen-bond acceptors (Lipinski definition) is 1. The Labute approximate surface area is 124 Å². The van der Waals surface area contributed by atoms with E-state index in [-0.39, 0.29) is 0 Å². The van der Waals surface area contributed by atoms with E-state index in [1.807, 2.05) is 4.08 Å². The topological polar surface area (TPSA) is 9.23 Å². The SMILES string of the molecule is [2H]C(C/C=C/I)(CCCC)O[Si](CC)(CC)CC. The molecular weight excluding hydrogens is 339 g/mol. The zero-order valence-corrected chi connectivity index (χ0v) is 15.0. The highest BCUT2D eigenvalue weighted by atomic mass is 127. The normalized spacial score (nSPS) is 17.1. The standard InChI is InChI=1S/C14H29IOSi/c1-5-9-11-14(12-10-13-15)16-17(6-2,7-3)8-4/h10,13-14H,5-9,11-12H2,1-4H3/b13-10+/i14D. The van der Waals surface area contributed by atoms with E-state index >= 15 is 0 Å². The molecule has 1 atom stereocenters. The third-order valence-electron chi connectivity index (χ3n) is 3.54. The van der Waals surface area contributed by atoms with Crippen LogP contribution < -0.4 is 0 Å². The molecule has 1 unspecified atom stereocenters. The van der Waals surface area contributed by atoms with Gasteiger partial charge in [-0.25, -0.2) is 0 Å². The van der Waals surface area contributed by atoms with Crippen molar-refractivity contribution < 1.29 is 5.80 Å². The molecule has 0 rings (SSSR count). The zero-order valence-electron chi connectivity index (χ0n) is 12.9. The van der Waals surface area contributed by atoms with Crippen molar-refractivity contribution in [2.75, 3.05) is 0 Å². The van der Waals surface area contributed by atoms with Crippen molar-refractivity contribution in [3.63, 3.8) is 0 Å². The molecule has 0 saturated carbocycles. The van der Waals surface area contributed by atoms with Gasteiger partial charge >= 0.3 is 0 Å². The maximum absolute atomic E-state index is 8.65. The Kier molecular flexibility index (Phi) is 9.75. The van der Waals surface area contributed by atoms with Crippen LogP contribution in [0.5, 0.6) is 0 Å². The Morgan fingerprint density at radius 3 is 2.24 bits per heavy atom.